The minimum atomic E-state index is -0.387. The van der Waals surface area contributed by atoms with E-state index < -0.39 is 0 Å². The number of hydrogen-bond acceptors (Lipinski definition) is 6. The molecule has 2 aliphatic heterocycles. The predicted octanol–water partition coefficient (Wildman–Crippen LogP) is 6.92. The first kappa shape index (κ1) is 32.0. The molecule has 1 aromatic heterocycles. The minimum absolute atomic E-state index is 0.0929. The molecule has 0 unspecified atom stereocenters. The van der Waals surface area contributed by atoms with Crippen molar-refractivity contribution in [2.24, 2.45) is 13.0 Å². The van der Waals surface area contributed by atoms with Crippen LogP contribution in [0.1, 0.15) is 76.2 Å². The normalized spacial score (nSPS) is 19.6. The van der Waals surface area contributed by atoms with Crippen molar-refractivity contribution in [2.45, 2.75) is 64.3 Å². The SMILES string of the molecule is COc1cc(-c2cc(C(=O)OCc3ccccc3)n(C)c2)cc([C@@H](C)NC(=O)c2cc(N3C[C@H]4CC[C@@H](C3)N4CC3CC3)ccc2C)c1. The monoisotopic (exact) mass is 646 g/mol. The van der Waals surface area contributed by atoms with Crippen LogP contribution in [0, 0.1) is 12.8 Å². The fraction of sp³-hybridized carbons (Fsp3) is 0.400. The number of esters is 1. The molecule has 4 aromatic rings. The molecule has 3 atom stereocenters. The first-order chi connectivity index (χ1) is 23.2. The fourth-order valence-electron chi connectivity index (χ4n) is 7.39. The van der Waals surface area contributed by atoms with Crippen molar-refractivity contribution in [3.63, 3.8) is 0 Å². The average molecular weight is 647 g/mol. The Balaban J connectivity index is 1.05. The summed E-state index contributed by atoms with van der Waals surface area (Å²) in [6, 6.07) is 24.7. The van der Waals surface area contributed by atoms with Gasteiger partial charge in [-0.2, -0.15) is 0 Å². The van der Waals surface area contributed by atoms with E-state index in [1.54, 1.807) is 11.7 Å². The van der Waals surface area contributed by atoms with Gasteiger partial charge in [0.05, 0.1) is 13.2 Å². The maximum atomic E-state index is 13.8. The van der Waals surface area contributed by atoms with Gasteiger partial charge in [-0.05, 0) is 104 Å². The molecule has 3 fully saturated rings. The lowest BCUT2D eigenvalue weighted by molar-refractivity contribution is 0.0461. The highest BCUT2D eigenvalue weighted by Crippen LogP contribution is 2.38. The van der Waals surface area contributed by atoms with Crippen LogP contribution in [0.4, 0.5) is 5.69 Å². The molecule has 48 heavy (non-hydrogen) atoms. The second-order valence-electron chi connectivity index (χ2n) is 13.9. The number of methoxy groups -OCH3 is 1. The van der Waals surface area contributed by atoms with Crippen molar-refractivity contribution < 1.29 is 19.1 Å². The zero-order valence-corrected chi connectivity index (χ0v) is 28.4. The number of rotatable bonds is 11. The number of aryl methyl sites for hydroxylation is 2. The Morgan fingerprint density at radius 2 is 1.67 bits per heavy atom. The second-order valence-corrected chi connectivity index (χ2v) is 13.9. The van der Waals surface area contributed by atoms with Gasteiger partial charge < -0.3 is 24.3 Å². The van der Waals surface area contributed by atoms with Crippen LogP contribution in [-0.4, -0.2) is 60.2 Å². The lowest BCUT2D eigenvalue weighted by atomic mass is 10.00. The molecule has 250 valence electrons. The molecule has 1 aliphatic carbocycles. The standard InChI is InChI=1S/C40H46N4O4/c1-26-10-13-33(43-23-34-14-15-35(24-43)44(34)21-28-11-12-28)20-37(26)39(45)41-27(2)30-16-31(18-36(17-30)47-4)32-19-38(42(3)22-32)40(46)48-25-29-8-6-5-7-9-29/h5-10,13,16-20,22,27-28,34-35H,11-12,14-15,21,23-25H2,1-4H3,(H,41,45)/t27-,34-,35+/m1/s1. The van der Waals surface area contributed by atoms with E-state index in [2.05, 4.69) is 33.3 Å². The van der Waals surface area contributed by atoms with E-state index in [0.29, 0.717) is 29.1 Å². The van der Waals surface area contributed by atoms with Gasteiger partial charge in [0.2, 0.25) is 0 Å². The Bertz CT molecular complexity index is 1780. The predicted molar refractivity (Wildman–Crippen MR) is 188 cm³/mol. The summed E-state index contributed by atoms with van der Waals surface area (Å²) in [7, 11) is 3.47. The quantitative estimate of drug-likeness (QED) is 0.178. The molecule has 3 aromatic carbocycles. The van der Waals surface area contributed by atoms with Crippen molar-refractivity contribution >= 4 is 17.6 Å². The van der Waals surface area contributed by atoms with E-state index in [-0.39, 0.29) is 24.5 Å². The van der Waals surface area contributed by atoms with Gasteiger partial charge in [-0.25, -0.2) is 4.79 Å². The average Bonchev–Trinajstić information content (AvgIpc) is 3.79. The first-order valence-electron chi connectivity index (χ1n) is 17.2. The Labute approximate surface area is 283 Å². The molecule has 0 spiro atoms. The van der Waals surface area contributed by atoms with Crippen molar-refractivity contribution in [1.82, 2.24) is 14.8 Å². The van der Waals surface area contributed by atoms with E-state index in [1.807, 2.05) is 81.7 Å². The maximum absolute atomic E-state index is 13.8. The van der Waals surface area contributed by atoms with Crippen LogP contribution in [-0.2, 0) is 18.4 Å². The van der Waals surface area contributed by atoms with Gasteiger partial charge in [-0.1, -0.05) is 36.4 Å². The Morgan fingerprint density at radius 1 is 0.917 bits per heavy atom. The van der Waals surface area contributed by atoms with Crippen molar-refractivity contribution in [3.8, 4) is 16.9 Å². The lowest BCUT2D eigenvalue weighted by Crippen LogP contribution is -2.54. The molecule has 1 saturated carbocycles. The smallest absolute Gasteiger partial charge is 0.355 e. The van der Waals surface area contributed by atoms with E-state index in [0.717, 1.165) is 52.5 Å². The Kier molecular flexibility index (Phi) is 9.01. The molecule has 8 nitrogen and oxygen atoms in total. The number of nitrogens with zero attached hydrogens (tertiary/aromatic N) is 3. The highest BCUT2D eigenvalue weighted by molar-refractivity contribution is 5.97. The third kappa shape index (κ3) is 6.85. The Morgan fingerprint density at radius 3 is 2.38 bits per heavy atom. The summed E-state index contributed by atoms with van der Waals surface area (Å²) in [6.45, 7) is 7.53. The molecule has 0 radical (unpaired) electrons. The van der Waals surface area contributed by atoms with Crippen molar-refractivity contribution in [2.75, 3.05) is 31.6 Å². The number of benzene rings is 3. The molecule has 3 heterocycles. The molecule has 2 saturated heterocycles. The van der Waals surface area contributed by atoms with Gasteiger partial charge in [0, 0.05) is 61.8 Å². The molecule has 7 rings (SSSR count). The summed E-state index contributed by atoms with van der Waals surface area (Å²) in [6.07, 6.45) is 7.24. The third-order valence-corrected chi connectivity index (χ3v) is 10.4. The summed E-state index contributed by atoms with van der Waals surface area (Å²) in [5.41, 5.74) is 6.84. The topological polar surface area (TPSA) is 76.0 Å². The summed E-state index contributed by atoms with van der Waals surface area (Å²) in [4.78, 5) is 32.0. The molecular weight excluding hydrogens is 600 g/mol. The molecule has 1 N–H and O–H groups in total. The number of hydrogen-bond donors (Lipinski definition) is 1. The van der Waals surface area contributed by atoms with E-state index >= 15 is 0 Å². The van der Waals surface area contributed by atoms with Gasteiger partial charge >= 0.3 is 5.97 Å². The molecule has 3 aliphatic rings. The second kappa shape index (κ2) is 13.5. The van der Waals surface area contributed by atoms with Gasteiger partial charge in [-0.3, -0.25) is 9.69 Å². The van der Waals surface area contributed by atoms with Gasteiger partial charge in [0.25, 0.3) is 5.91 Å². The number of fused-ring (bicyclic) bond motifs is 2. The highest BCUT2D eigenvalue weighted by atomic mass is 16.5. The number of piperazine rings is 1. The fourth-order valence-corrected chi connectivity index (χ4v) is 7.39. The molecular formula is C40H46N4O4. The zero-order chi connectivity index (χ0) is 33.4. The number of ether oxygens (including phenoxy) is 2. The zero-order valence-electron chi connectivity index (χ0n) is 28.4. The first-order valence-corrected chi connectivity index (χ1v) is 17.2. The van der Waals surface area contributed by atoms with Crippen LogP contribution in [0.2, 0.25) is 0 Å². The number of anilines is 1. The van der Waals surface area contributed by atoms with Crippen LogP contribution < -0.4 is 15.0 Å². The Hall–Kier alpha value is -4.56. The lowest BCUT2D eigenvalue weighted by Gasteiger charge is -2.42. The van der Waals surface area contributed by atoms with E-state index in [9.17, 15) is 9.59 Å². The summed E-state index contributed by atoms with van der Waals surface area (Å²) in [5, 5.41) is 3.25. The molecule has 8 heteroatoms. The van der Waals surface area contributed by atoms with Gasteiger partial charge in [-0.15, -0.1) is 0 Å². The highest BCUT2D eigenvalue weighted by Gasteiger charge is 2.42. The third-order valence-electron chi connectivity index (χ3n) is 10.4. The summed E-state index contributed by atoms with van der Waals surface area (Å²) >= 11 is 0. The van der Waals surface area contributed by atoms with Crippen molar-refractivity contribution in [3.05, 3.63) is 107 Å². The maximum Gasteiger partial charge on any atom is 0.355 e. The van der Waals surface area contributed by atoms with Crippen LogP contribution in [0.5, 0.6) is 5.75 Å². The van der Waals surface area contributed by atoms with Gasteiger partial charge in [0.15, 0.2) is 0 Å². The minimum Gasteiger partial charge on any atom is -0.497 e. The number of nitrogens with one attached hydrogen (secondary N) is 1. The van der Waals surface area contributed by atoms with Gasteiger partial charge in [0.1, 0.15) is 18.1 Å². The largest absolute Gasteiger partial charge is 0.497 e. The number of carbonyl (C=O) groups is 2. The summed E-state index contributed by atoms with van der Waals surface area (Å²) < 4.78 is 13.0. The van der Waals surface area contributed by atoms with Crippen molar-refractivity contribution in [1.29, 1.82) is 0 Å². The summed E-state index contributed by atoms with van der Waals surface area (Å²) in [5.74, 6) is 1.11. The van der Waals surface area contributed by atoms with Crippen LogP contribution in [0.15, 0.2) is 79.0 Å². The van der Waals surface area contributed by atoms with Crippen LogP contribution in [0.25, 0.3) is 11.1 Å². The van der Waals surface area contributed by atoms with E-state index in [4.69, 9.17) is 9.47 Å². The van der Waals surface area contributed by atoms with Crippen LogP contribution in [0.3, 0.4) is 0 Å². The molecule has 2 bridgehead atoms. The number of carbonyl (C=O) groups excluding carboxylic acids is 2. The van der Waals surface area contributed by atoms with Crippen LogP contribution >= 0.6 is 0 Å². The van der Waals surface area contributed by atoms with E-state index in [1.165, 1.54) is 32.2 Å². The molecule has 1 amide bonds. The number of aromatic nitrogens is 1. The number of amides is 1.